The highest BCUT2D eigenvalue weighted by Crippen LogP contribution is 2.16. The molecule has 0 bridgehead atoms. The standard InChI is InChI=1S/C17H17ClN2O3/c18-14-3-1-2-12(10-14)16(21)19-15-4-7-20(8-5-15)17(22)13-6-9-23-11-13/h1-3,6,9-11,15H,4-5,7-8H2,(H,19,21). The van der Waals surface area contributed by atoms with Gasteiger partial charge in [-0.25, -0.2) is 0 Å². The summed E-state index contributed by atoms with van der Waals surface area (Å²) in [5.41, 5.74) is 1.11. The van der Waals surface area contributed by atoms with Gasteiger partial charge in [-0.2, -0.15) is 0 Å². The largest absolute Gasteiger partial charge is 0.472 e. The van der Waals surface area contributed by atoms with Gasteiger partial charge in [-0.15, -0.1) is 0 Å². The molecule has 1 aromatic carbocycles. The van der Waals surface area contributed by atoms with Crippen molar-refractivity contribution >= 4 is 23.4 Å². The van der Waals surface area contributed by atoms with E-state index in [2.05, 4.69) is 5.32 Å². The van der Waals surface area contributed by atoms with E-state index in [1.165, 1.54) is 12.5 Å². The van der Waals surface area contributed by atoms with Crippen molar-refractivity contribution in [2.45, 2.75) is 18.9 Å². The van der Waals surface area contributed by atoms with E-state index in [1.54, 1.807) is 35.2 Å². The molecule has 1 aromatic heterocycles. The maximum Gasteiger partial charge on any atom is 0.257 e. The smallest absolute Gasteiger partial charge is 0.257 e. The molecule has 0 radical (unpaired) electrons. The van der Waals surface area contributed by atoms with Crippen molar-refractivity contribution in [3.63, 3.8) is 0 Å². The molecule has 1 saturated heterocycles. The van der Waals surface area contributed by atoms with Crippen molar-refractivity contribution in [2.24, 2.45) is 0 Å². The number of halogens is 1. The molecule has 120 valence electrons. The van der Waals surface area contributed by atoms with Crippen LogP contribution in [0, 0.1) is 0 Å². The van der Waals surface area contributed by atoms with Gasteiger partial charge in [0.15, 0.2) is 0 Å². The Morgan fingerprint density at radius 2 is 1.96 bits per heavy atom. The zero-order valence-electron chi connectivity index (χ0n) is 12.5. The van der Waals surface area contributed by atoms with Gasteiger partial charge in [0.1, 0.15) is 6.26 Å². The molecule has 6 heteroatoms. The van der Waals surface area contributed by atoms with Crippen LogP contribution in [0.5, 0.6) is 0 Å². The van der Waals surface area contributed by atoms with Gasteiger partial charge in [0.05, 0.1) is 11.8 Å². The van der Waals surface area contributed by atoms with Gasteiger partial charge in [-0.1, -0.05) is 17.7 Å². The lowest BCUT2D eigenvalue weighted by atomic mass is 10.0. The van der Waals surface area contributed by atoms with Crippen LogP contribution in [-0.4, -0.2) is 35.8 Å². The number of hydrogen-bond donors (Lipinski definition) is 1. The highest BCUT2D eigenvalue weighted by atomic mass is 35.5. The van der Waals surface area contributed by atoms with Gasteiger partial charge in [-0.3, -0.25) is 9.59 Å². The molecule has 2 amide bonds. The van der Waals surface area contributed by atoms with Crippen LogP contribution in [0.1, 0.15) is 33.6 Å². The first-order valence-electron chi connectivity index (χ1n) is 7.51. The number of piperidine rings is 1. The zero-order chi connectivity index (χ0) is 16.2. The molecule has 5 nitrogen and oxygen atoms in total. The van der Waals surface area contributed by atoms with Crippen molar-refractivity contribution in [3.05, 3.63) is 59.0 Å². The number of carbonyl (C=O) groups excluding carboxylic acids is 2. The lowest BCUT2D eigenvalue weighted by molar-refractivity contribution is 0.0697. The van der Waals surface area contributed by atoms with E-state index in [-0.39, 0.29) is 17.9 Å². The number of benzene rings is 1. The molecule has 3 rings (SSSR count). The third-order valence-electron chi connectivity index (χ3n) is 3.97. The van der Waals surface area contributed by atoms with Crippen molar-refractivity contribution in [1.29, 1.82) is 0 Å². The highest BCUT2D eigenvalue weighted by Gasteiger charge is 2.25. The number of likely N-dealkylation sites (tertiary alicyclic amines) is 1. The molecule has 2 heterocycles. The van der Waals surface area contributed by atoms with Crippen LogP contribution in [0.3, 0.4) is 0 Å². The lowest BCUT2D eigenvalue weighted by Gasteiger charge is -2.32. The fourth-order valence-corrected chi connectivity index (χ4v) is 2.88. The second kappa shape index (κ2) is 6.87. The Kier molecular flexibility index (Phi) is 4.67. The van der Waals surface area contributed by atoms with Crippen molar-refractivity contribution < 1.29 is 14.0 Å². The summed E-state index contributed by atoms with van der Waals surface area (Å²) in [4.78, 5) is 26.2. The summed E-state index contributed by atoms with van der Waals surface area (Å²) in [5.74, 6) is -0.162. The number of hydrogen-bond acceptors (Lipinski definition) is 3. The Hall–Kier alpha value is -2.27. The second-order valence-electron chi connectivity index (χ2n) is 5.56. The van der Waals surface area contributed by atoms with Gasteiger partial charge in [0.25, 0.3) is 11.8 Å². The van der Waals surface area contributed by atoms with Gasteiger partial charge < -0.3 is 14.6 Å². The van der Waals surface area contributed by atoms with Crippen LogP contribution in [0.15, 0.2) is 47.3 Å². The van der Waals surface area contributed by atoms with Crippen LogP contribution >= 0.6 is 11.6 Å². The lowest BCUT2D eigenvalue weighted by Crippen LogP contribution is -2.46. The highest BCUT2D eigenvalue weighted by molar-refractivity contribution is 6.30. The normalized spacial score (nSPS) is 15.4. The molecule has 1 N–H and O–H groups in total. The molecular weight excluding hydrogens is 316 g/mol. The second-order valence-corrected chi connectivity index (χ2v) is 6.00. The average Bonchev–Trinajstić information content (AvgIpc) is 3.09. The van der Waals surface area contributed by atoms with Crippen LogP contribution in [0.4, 0.5) is 0 Å². The van der Waals surface area contributed by atoms with Crippen LogP contribution in [0.25, 0.3) is 0 Å². The molecule has 0 saturated carbocycles. The van der Waals surface area contributed by atoms with Gasteiger partial charge in [0, 0.05) is 29.7 Å². The molecule has 1 aliphatic heterocycles. The maximum absolute atomic E-state index is 12.2. The van der Waals surface area contributed by atoms with Crippen molar-refractivity contribution in [1.82, 2.24) is 10.2 Å². The molecule has 2 aromatic rings. The summed E-state index contributed by atoms with van der Waals surface area (Å²) in [5, 5.41) is 3.54. The zero-order valence-corrected chi connectivity index (χ0v) is 13.3. The van der Waals surface area contributed by atoms with E-state index in [0.29, 0.717) is 29.2 Å². The minimum atomic E-state index is -0.132. The van der Waals surface area contributed by atoms with Crippen molar-refractivity contribution in [2.75, 3.05) is 13.1 Å². The average molecular weight is 333 g/mol. The van der Waals surface area contributed by atoms with Crippen LogP contribution in [0.2, 0.25) is 5.02 Å². The molecule has 0 aliphatic carbocycles. The fourth-order valence-electron chi connectivity index (χ4n) is 2.69. The summed E-state index contributed by atoms with van der Waals surface area (Å²) in [7, 11) is 0. The minimum absolute atomic E-state index is 0.0293. The number of furan rings is 1. The van der Waals surface area contributed by atoms with E-state index in [1.807, 2.05) is 0 Å². The fraction of sp³-hybridized carbons (Fsp3) is 0.294. The predicted octanol–water partition coefficient (Wildman–Crippen LogP) is 2.97. The SMILES string of the molecule is O=C(NC1CCN(C(=O)c2ccoc2)CC1)c1cccc(Cl)c1. The summed E-state index contributed by atoms with van der Waals surface area (Å²) in [6.45, 7) is 1.23. The predicted molar refractivity (Wildman–Crippen MR) is 86.6 cm³/mol. The van der Waals surface area contributed by atoms with Crippen LogP contribution < -0.4 is 5.32 Å². The van der Waals surface area contributed by atoms with E-state index >= 15 is 0 Å². The summed E-state index contributed by atoms with van der Waals surface area (Å²) >= 11 is 5.90. The Bertz CT molecular complexity index is 692. The Labute approximate surface area is 139 Å². The molecule has 0 unspecified atom stereocenters. The number of carbonyl (C=O) groups is 2. The monoisotopic (exact) mass is 332 g/mol. The van der Waals surface area contributed by atoms with Crippen LogP contribution in [-0.2, 0) is 0 Å². The van der Waals surface area contributed by atoms with E-state index in [9.17, 15) is 9.59 Å². The summed E-state index contributed by atoms with van der Waals surface area (Å²) < 4.78 is 4.94. The molecule has 23 heavy (non-hydrogen) atoms. The summed E-state index contributed by atoms with van der Waals surface area (Å²) in [6, 6.07) is 8.60. The first kappa shape index (κ1) is 15.6. The summed E-state index contributed by atoms with van der Waals surface area (Å²) in [6.07, 6.45) is 4.41. The first-order valence-corrected chi connectivity index (χ1v) is 7.89. The Morgan fingerprint density at radius 3 is 2.61 bits per heavy atom. The van der Waals surface area contributed by atoms with E-state index < -0.39 is 0 Å². The number of amides is 2. The van der Waals surface area contributed by atoms with Crippen molar-refractivity contribution in [3.8, 4) is 0 Å². The quantitative estimate of drug-likeness (QED) is 0.940. The molecule has 1 aliphatic rings. The molecular formula is C17H17ClN2O3. The van der Waals surface area contributed by atoms with Gasteiger partial charge >= 0.3 is 0 Å². The molecule has 1 fully saturated rings. The number of rotatable bonds is 3. The Balaban J connectivity index is 1.53. The first-order chi connectivity index (χ1) is 11.1. The van der Waals surface area contributed by atoms with E-state index in [0.717, 1.165) is 12.8 Å². The minimum Gasteiger partial charge on any atom is -0.472 e. The number of nitrogens with one attached hydrogen (secondary N) is 1. The molecule has 0 atom stereocenters. The van der Waals surface area contributed by atoms with E-state index in [4.69, 9.17) is 16.0 Å². The maximum atomic E-state index is 12.2. The molecule has 0 spiro atoms. The Morgan fingerprint density at radius 1 is 1.17 bits per heavy atom. The third kappa shape index (κ3) is 3.74. The van der Waals surface area contributed by atoms with Gasteiger partial charge in [-0.05, 0) is 37.1 Å². The van der Waals surface area contributed by atoms with Gasteiger partial charge in [0.2, 0.25) is 0 Å². The topological polar surface area (TPSA) is 62.6 Å². The third-order valence-corrected chi connectivity index (χ3v) is 4.21. The number of nitrogens with zero attached hydrogens (tertiary/aromatic N) is 1.